The Hall–Kier alpha value is -2.31. The van der Waals surface area contributed by atoms with Crippen molar-refractivity contribution in [2.45, 2.75) is 19.5 Å². The molecular formula is C14H12F3NO3. The van der Waals surface area contributed by atoms with Crippen LogP contribution < -0.4 is 0 Å². The van der Waals surface area contributed by atoms with Crippen molar-refractivity contribution >= 4 is 5.97 Å². The van der Waals surface area contributed by atoms with Crippen LogP contribution in [0.4, 0.5) is 13.2 Å². The first kappa shape index (κ1) is 15.1. The van der Waals surface area contributed by atoms with E-state index in [9.17, 15) is 18.0 Å². The van der Waals surface area contributed by atoms with Crippen LogP contribution in [-0.4, -0.2) is 18.1 Å². The molecule has 0 saturated carbocycles. The van der Waals surface area contributed by atoms with Gasteiger partial charge in [-0.15, -0.1) is 0 Å². The number of nitrogens with zero attached hydrogens (tertiary/aromatic N) is 1. The van der Waals surface area contributed by atoms with Crippen LogP contribution in [0.5, 0.6) is 0 Å². The zero-order valence-electron chi connectivity index (χ0n) is 11.3. The minimum Gasteiger partial charge on any atom is -0.469 e. The number of ether oxygens (including phenoxy) is 1. The molecule has 0 aliphatic carbocycles. The van der Waals surface area contributed by atoms with E-state index in [2.05, 4.69) is 9.72 Å². The molecule has 0 amide bonds. The number of halogens is 3. The van der Waals surface area contributed by atoms with Crippen LogP contribution in [0.3, 0.4) is 0 Å². The molecule has 0 radical (unpaired) electrons. The topological polar surface area (TPSA) is 52.3 Å². The Morgan fingerprint density at radius 2 is 2.10 bits per heavy atom. The molecule has 0 unspecified atom stereocenters. The minimum atomic E-state index is -4.44. The third kappa shape index (κ3) is 3.42. The lowest BCUT2D eigenvalue weighted by Crippen LogP contribution is -2.05. The number of benzene rings is 1. The Balaban J connectivity index is 2.35. The first-order valence-electron chi connectivity index (χ1n) is 6.02. The second-order valence-electron chi connectivity index (χ2n) is 4.35. The molecule has 0 saturated heterocycles. The summed E-state index contributed by atoms with van der Waals surface area (Å²) in [6.07, 6.45) is -4.53. The van der Waals surface area contributed by atoms with Crippen LogP contribution in [0.25, 0.3) is 11.5 Å². The molecule has 0 spiro atoms. The number of aryl methyl sites for hydroxylation is 1. The highest BCUT2D eigenvalue weighted by Gasteiger charge is 2.30. The number of carbonyl (C=O) groups excluding carboxylic acids is 1. The average Bonchev–Trinajstić information content (AvgIpc) is 2.79. The Morgan fingerprint density at radius 1 is 1.38 bits per heavy atom. The van der Waals surface area contributed by atoms with Gasteiger partial charge in [-0.2, -0.15) is 13.2 Å². The van der Waals surface area contributed by atoms with Crippen LogP contribution in [0.15, 0.2) is 28.7 Å². The molecule has 112 valence electrons. The molecule has 0 bridgehead atoms. The van der Waals surface area contributed by atoms with E-state index >= 15 is 0 Å². The zero-order chi connectivity index (χ0) is 15.6. The largest absolute Gasteiger partial charge is 0.469 e. The van der Waals surface area contributed by atoms with E-state index in [0.717, 1.165) is 12.1 Å². The van der Waals surface area contributed by atoms with Gasteiger partial charge in [0.2, 0.25) is 5.89 Å². The van der Waals surface area contributed by atoms with Gasteiger partial charge in [-0.05, 0) is 25.1 Å². The monoisotopic (exact) mass is 299 g/mol. The highest BCUT2D eigenvalue weighted by Crippen LogP contribution is 2.32. The van der Waals surface area contributed by atoms with Crippen molar-refractivity contribution in [2.75, 3.05) is 7.11 Å². The summed E-state index contributed by atoms with van der Waals surface area (Å²) in [5.41, 5.74) is -0.247. The molecule has 7 heteroatoms. The molecule has 21 heavy (non-hydrogen) atoms. The normalized spacial score (nSPS) is 11.5. The summed E-state index contributed by atoms with van der Waals surface area (Å²) in [4.78, 5) is 15.3. The SMILES string of the molecule is COC(=O)Cc1nc(-c2cccc(C(F)(F)F)c2)oc1C. The van der Waals surface area contributed by atoms with Crippen LogP contribution in [-0.2, 0) is 22.1 Å². The molecule has 2 rings (SSSR count). The molecule has 0 fully saturated rings. The van der Waals surface area contributed by atoms with E-state index in [0.29, 0.717) is 11.5 Å². The van der Waals surface area contributed by atoms with E-state index in [1.165, 1.54) is 19.2 Å². The van der Waals surface area contributed by atoms with E-state index < -0.39 is 17.7 Å². The predicted molar refractivity (Wildman–Crippen MR) is 67.4 cm³/mol. The van der Waals surface area contributed by atoms with E-state index in [1.54, 1.807) is 6.92 Å². The second kappa shape index (κ2) is 5.59. The van der Waals surface area contributed by atoms with Crippen molar-refractivity contribution in [3.8, 4) is 11.5 Å². The van der Waals surface area contributed by atoms with Crippen molar-refractivity contribution in [3.05, 3.63) is 41.3 Å². The van der Waals surface area contributed by atoms with Crippen LogP contribution in [0, 0.1) is 6.92 Å². The minimum absolute atomic E-state index is 0.0394. The molecule has 1 aromatic carbocycles. The Labute approximate surface area is 118 Å². The van der Waals surface area contributed by atoms with Gasteiger partial charge in [-0.3, -0.25) is 4.79 Å². The third-order valence-electron chi connectivity index (χ3n) is 2.87. The summed E-state index contributed by atoms with van der Waals surface area (Å²) in [5.74, 6) is -0.0905. The predicted octanol–water partition coefficient (Wildman–Crippen LogP) is 3.38. The molecule has 0 atom stereocenters. The quantitative estimate of drug-likeness (QED) is 0.815. The molecule has 1 aromatic heterocycles. The zero-order valence-corrected chi connectivity index (χ0v) is 11.3. The maximum atomic E-state index is 12.7. The lowest BCUT2D eigenvalue weighted by Gasteiger charge is -2.06. The molecule has 1 heterocycles. The second-order valence-corrected chi connectivity index (χ2v) is 4.35. The van der Waals surface area contributed by atoms with Crippen LogP contribution >= 0.6 is 0 Å². The lowest BCUT2D eigenvalue weighted by molar-refractivity contribution is -0.140. The van der Waals surface area contributed by atoms with Gasteiger partial charge in [-0.25, -0.2) is 4.98 Å². The number of hydrogen-bond donors (Lipinski definition) is 0. The maximum Gasteiger partial charge on any atom is 0.416 e. The fraction of sp³-hybridized carbons (Fsp3) is 0.286. The molecule has 2 aromatic rings. The molecule has 0 aliphatic rings. The van der Waals surface area contributed by atoms with Gasteiger partial charge in [-0.1, -0.05) is 6.07 Å². The number of alkyl halides is 3. The number of oxazole rings is 1. The summed E-state index contributed by atoms with van der Waals surface area (Å²) >= 11 is 0. The van der Waals surface area contributed by atoms with E-state index in [4.69, 9.17) is 4.42 Å². The van der Waals surface area contributed by atoms with Crippen molar-refractivity contribution in [1.29, 1.82) is 0 Å². The van der Waals surface area contributed by atoms with Crippen molar-refractivity contribution < 1.29 is 27.1 Å². The number of hydrogen-bond acceptors (Lipinski definition) is 4. The summed E-state index contributed by atoms with van der Waals surface area (Å²) in [6.45, 7) is 1.59. The van der Waals surface area contributed by atoms with Gasteiger partial charge >= 0.3 is 12.1 Å². The van der Waals surface area contributed by atoms with Crippen molar-refractivity contribution in [1.82, 2.24) is 4.98 Å². The number of carbonyl (C=O) groups is 1. The summed E-state index contributed by atoms with van der Waals surface area (Å²) in [7, 11) is 1.24. The average molecular weight is 299 g/mol. The first-order valence-corrected chi connectivity index (χ1v) is 6.02. The van der Waals surface area contributed by atoms with E-state index in [1.807, 2.05) is 0 Å². The van der Waals surface area contributed by atoms with Gasteiger partial charge in [0.15, 0.2) is 0 Å². The number of rotatable bonds is 3. The van der Waals surface area contributed by atoms with Crippen molar-refractivity contribution in [3.63, 3.8) is 0 Å². The van der Waals surface area contributed by atoms with Gasteiger partial charge in [0.1, 0.15) is 5.76 Å². The van der Waals surface area contributed by atoms with Crippen molar-refractivity contribution in [2.24, 2.45) is 0 Å². The van der Waals surface area contributed by atoms with Gasteiger partial charge in [0.05, 0.1) is 24.8 Å². The third-order valence-corrected chi connectivity index (χ3v) is 2.87. The molecule has 4 nitrogen and oxygen atoms in total. The first-order chi connectivity index (χ1) is 9.81. The summed E-state index contributed by atoms with van der Waals surface area (Å²) in [5, 5.41) is 0. The maximum absolute atomic E-state index is 12.7. The number of esters is 1. The Bertz CT molecular complexity index is 662. The smallest absolute Gasteiger partial charge is 0.416 e. The molecule has 0 N–H and O–H groups in total. The highest BCUT2D eigenvalue weighted by molar-refractivity contribution is 5.72. The van der Waals surface area contributed by atoms with Gasteiger partial charge in [0, 0.05) is 5.56 Å². The summed E-state index contributed by atoms with van der Waals surface area (Å²) in [6, 6.07) is 4.65. The number of aromatic nitrogens is 1. The van der Waals surface area contributed by atoms with Crippen LogP contribution in [0.1, 0.15) is 17.0 Å². The standard InChI is InChI=1S/C14H12F3NO3/c1-8-11(7-12(19)20-2)18-13(21-8)9-4-3-5-10(6-9)14(15,16)17/h3-6H,7H2,1-2H3. The Kier molecular flexibility index (Phi) is 4.02. The summed E-state index contributed by atoms with van der Waals surface area (Å²) < 4.78 is 47.9. The fourth-order valence-electron chi connectivity index (χ4n) is 1.75. The molecular weight excluding hydrogens is 287 g/mol. The van der Waals surface area contributed by atoms with Gasteiger partial charge < -0.3 is 9.15 Å². The highest BCUT2D eigenvalue weighted by atomic mass is 19.4. The van der Waals surface area contributed by atoms with E-state index in [-0.39, 0.29) is 17.9 Å². The van der Waals surface area contributed by atoms with Gasteiger partial charge in [0.25, 0.3) is 0 Å². The lowest BCUT2D eigenvalue weighted by atomic mass is 10.1. The van der Waals surface area contributed by atoms with Crippen LogP contribution in [0.2, 0.25) is 0 Å². The molecule has 0 aliphatic heterocycles. The number of methoxy groups -OCH3 is 1. The Morgan fingerprint density at radius 3 is 2.71 bits per heavy atom. The fourth-order valence-corrected chi connectivity index (χ4v) is 1.75.